The first-order valence-electron chi connectivity index (χ1n) is 2.71. The molecule has 0 aliphatic carbocycles. The van der Waals surface area contributed by atoms with E-state index in [0.717, 1.165) is 0 Å². The van der Waals surface area contributed by atoms with E-state index in [-0.39, 0.29) is 0 Å². The fourth-order valence-corrected chi connectivity index (χ4v) is 0.375. The Kier molecular flexibility index (Phi) is 3.60. The summed E-state index contributed by atoms with van der Waals surface area (Å²) in [4.78, 5) is 0. The lowest BCUT2D eigenvalue weighted by molar-refractivity contribution is -0.411. The molecule has 0 rings (SSSR count). The third-order valence-electron chi connectivity index (χ3n) is 0.839. The summed E-state index contributed by atoms with van der Waals surface area (Å²) < 4.78 is 94.0. The maximum atomic E-state index is 11.8. The maximum absolute atomic E-state index is 11.8. The highest BCUT2D eigenvalue weighted by molar-refractivity contribution is 6.20. The molecule has 0 saturated heterocycles. The average Bonchev–Trinajstić information content (AvgIpc) is 1.80. The largest absolute Gasteiger partial charge is 0.483 e. The zero-order valence-electron chi connectivity index (χ0n) is 5.89. The minimum Gasteiger partial charge on any atom is -0.284 e. The Morgan fingerprint density at radius 1 is 0.857 bits per heavy atom. The van der Waals surface area contributed by atoms with Crippen molar-refractivity contribution in [3.8, 4) is 0 Å². The van der Waals surface area contributed by atoms with Gasteiger partial charge >= 0.3 is 18.5 Å². The van der Waals surface area contributed by atoms with Crippen molar-refractivity contribution in [3.63, 3.8) is 0 Å². The third kappa shape index (κ3) is 3.45. The molecule has 0 amide bonds. The quantitative estimate of drug-likeness (QED) is 0.541. The molecule has 0 saturated carbocycles. The van der Waals surface area contributed by atoms with Gasteiger partial charge in [-0.05, 0) is 0 Å². The lowest BCUT2D eigenvalue weighted by Gasteiger charge is -2.23. The van der Waals surface area contributed by atoms with Crippen LogP contribution in [0.2, 0.25) is 0 Å². The van der Waals surface area contributed by atoms with Crippen LogP contribution in [0.25, 0.3) is 0 Å². The Labute approximate surface area is 76.6 Å². The monoisotopic (exact) mass is 252 g/mol. The molecular weight excluding hydrogens is 251 g/mol. The van der Waals surface area contributed by atoms with Crippen molar-refractivity contribution in [2.24, 2.45) is 0 Å². The zero-order chi connectivity index (χ0) is 11.8. The molecule has 0 aliphatic heterocycles. The lowest BCUT2D eigenvalue weighted by Crippen LogP contribution is -2.44. The Balaban J connectivity index is 4.53. The van der Waals surface area contributed by atoms with Crippen LogP contribution < -0.4 is 0 Å². The predicted octanol–water partition coefficient (Wildman–Crippen LogP) is 3.29. The van der Waals surface area contributed by atoms with E-state index in [9.17, 15) is 35.1 Å². The molecule has 0 fully saturated rings. The molecule has 0 aromatic rings. The van der Waals surface area contributed by atoms with Crippen LogP contribution in [-0.4, -0.2) is 24.0 Å². The molecule has 1 nitrogen and oxygen atoms in total. The van der Waals surface area contributed by atoms with Crippen LogP contribution in [-0.2, 0) is 4.74 Å². The first-order valence-corrected chi connectivity index (χ1v) is 3.15. The molecule has 86 valence electrons. The first kappa shape index (κ1) is 13.7. The Bertz CT molecular complexity index is 194. The summed E-state index contributed by atoms with van der Waals surface area (Å²) in [5.74, 6) is 0. The number of hydrogen-bond donors (Lipinski definition) is 0. The van der Waals surface area contributed by atoms with E-state index in [4.69, 9.17) is 0 Å². The molecule has 0 aliphatic rings. The van der Waals surface area contributed by atoms with Gasteiger partial charge in [-0.2, -0.15) is 35.1 Å². The van der Waals surface area contributed by atoms with Gasteiger partial charge in [0.2, 0.25) is 5.56 Å². The number of hydrogen-bond acceptors (Lipinski definition) is 1. The van der Waals surface area contributed by atoms with Crippen LogP contribution in [0.15, 0.2) is 0 Å². The predicted molar refractivity (Wildman–Crippen MR) is 27.8 cm³/mol. The van der Waals surface area contributed by atoms with Crippen molar-refractivity contribution in [1.82, 2.24) is 0 Å². The van der Waals surface area contributed by atoms with Crippen molar-refractivity contribution in [2.45, 2.75) is 24.0 Å². The SMILES string of the molecule is FC(F)(F)C(Cl)OC(F)(F)C(F)(F)F. The minimum absolute atomic E-state index is 2.35. The molecule has 10 heteroatoms. The summed E-state index contributed by atoms with van der Waals surface area (Å²) in [7, 11) is 0. The summed E-state index contributed by atoms with van der Waals surface area (Å²) in [5.41, 5.74) is -3.72. The first-order chi connectivity index (χ1) is 5.88. The van der Waals surface area contributed by atoms with E-state index in [0.29, 0.717) is 0 Å². The molecule has 0 bridgehead atoms. The molecule has 0 aromatic carbocycles. The van der Waals surface area contributed by atoms with E-state index in [1.807, 2.05) is 0 Å². The number of halogens is 9. The summed E-state index contributed by atoms with van der Waals surface area (Å²) in [5, 5.41) is 0. The van der Waals surface area contributed by atoms with Crippen LogP contribution >= 0.6 is 11.6 Å². The summed E-state index contributed by atoms with van der Waals surface area (Å²) in [6.45, 7) is 0. The molecule has 1 unspecified atom stereocenters. The summed E-state index contributed by atoms with van der Waals surface area (Å²) in [6.07, 6.45) is -17.7. The highest BCUT2D eigenvalue weighted by atomic mass is 35.5. The highest BCUT2D eigenvalue weighted by Gasteiger charge is 2.62. The average molecular weight is 252 g/mol. The van der Waals surface area contributed by atoms with Gasteiger partial charge in [0.15, 0.2) is 0 Å². The Morgan fingerprint density at radius 2 is 1.21 bits per heavy atom. The smallest absolute Gasteiger partial charge is 0.284 e. The van der Waals surface area contributed by atoms with Gasteiger partial charge in [-0.25, -0.2) is 0 Å². The second-order valence-electron chi connectivity index (χ2n) is 1.99. The van der Waals surface area contributed by atoms with Gasteiger partial charge in [-0.15, -0.1) is 0 Å². The topological polar surface area (TPSA) is 9.23 Å². The van der Waals surface area contributed by atoms with Gasteiger partial charge in [0.1, 0.15) is 0 Å². The zero-order valence-corrected chi connectivity index (χ0v) is 6.64. The summed E-state index contributed by atoms with van der Waals surface area (Å²) in [6, 6.07) is 0. The van der Waals surface area contributed by atoms with Crippen LogP contribution in [0.3, 0.4) is 0 Å². The fourth-order valence-electron chi connectivity index (χ4n) is 0.264. The second-order valence-corrected chi connectivity index (χ2v) is 2.39. The van der Waals surface area contributed by atoms with Crippen molar-refractivity contribution in [2.75, 3.05) is 0 Å². The van der Waals surface area contributed by atoms with E-state index in [2.05, 4.69) is 16.3 Å². The fraction of sp³-hybridized carbons (Fsp3) is 1.00. The van der Waals surface area contributed by atoms with Crippen LogP contribution in [0, 0.1) is 0 Å². The molecular formula is C4HClF8O. The van der Waals surface area contributed by atoms with Gasteiger partial charge in [0.25, 0.3) is 0 Å². The van der Waals surface area contributed by atoms with E-state index in [1.54, 1.807) is 0 Å². The minimum atomic E-state index is -6.24. The molecule has 0 N–H and O–H groups in total. The maximum Gasteiger partial charge on any atom is 0.483 e. The van der Waals surface area contributed by atoms with E-state index in [1.165, 1.54) is 0 Å². The van der Waals surface area contributed by atoms with Gasteiger partial charge in [0, 0.05) is 0 Å². The molecule has 0 radical (unpaired) electrons. The lowest BCUT2D eigenvalue weighted by atomic mass is 10.6. The van der Waals surface area contributed by atoms with Gasteiger partial charge < -0.3 is 0 Å². The second kappa shape index (κ2) is 3.69. The molecule has 14 heavy (non-hydrogen) atoms. The van der Waals surface area contributed by atoms with Crippen molar-refractivity contribution in [1.29, 1.82) is 0 Å². The number of rotatable bonds is 2. The molecule has 0 heterocycles. The number of alkyl halides is 9. The van der Waals surface area contributed by atoms with Crippen molar-refractivity contribution < 1.29 is 39.9 Å². The normalized spacial score (nSPS) is 16.9. The van der Waals surface area contributed by atoms with Crippen molar-refractivity contribution in [3.05, 3.63) is 0 Å². The Hall–Kier alpha value is -0.310. The van der Waals surface area contributed by atoms with Gasteiger partial charge in [-0.3, -0.25) is 4.74 Å². The number of ether oxygens (including phenoxy) is 1. The highest BCUT2D eigenvalue weighted by Crippen LogP contribution is 2.40. The van der Waals surface area contributed by atoms with Gasteiger partial charge in [-0.1, -0.05) is 11.6 Å². The van der Waals surface area contributed by atoms with Crippen LogP contribution in [0.5, 0.6) is 0 Å². The van der Waals surface area contributed by atoms with E-state index >= 15 is 0 Å². The summed E-state index contributed by atoms with van der Waals surface area (Å²) >= 11 is 4.12. The molecule has 0 aromatic heterocycles. The standard InChI is InChI=1S/C4HClF8O/c5-1(2(6,7)8)14-4(12,13)3(9,10)11/h1H. The molecule has 1 atom stereocenters. The van der Waals surface area contributed by atoms with E-state index < -0.39 is 24.0 Å². The Morgan fingerprint density at radius 3 is 1.43 bits per heavy atom. The third-order valence-corrected chi connectivity index (χ3v) is 1.18. The van der Waals surface area contributed by atoms with Crippen LogP contribution in [0.4, 0.5) is 35.1 Å². The van der Waals surface area contributed by atoms with Crippen molar-refractivity contribution >= 4 is 11.6 Å². The van der Waals surface area contributed by atoms with Gasteiger partial charge in [0.05, 0.1) is 0 Å². The van der Waals surface area contributed by atoms with Crippen LogP contribution in [0.1, 0.15) is 0 Å². The molecule has 0 spiro atoms.